The average Bonchev–Trinajstić information content (AvgIpc) is 3.01. The van der Waals surface area contributed by atoms with E-state index in [-0.39, 0.29) is 17.6 Å². The van der Waals surface area contributed by atoms with Gasteiger partial charge in [-0.1, -0.05) is 12.8 Å². The van der Waals surface area contributed by atoms with Crippen LogP contribution in [0.4, 0.5) is 4.39 Å². The number of carbonyl (C=O) groups is 2. The van der Waals surface area contributed by atoms with E-state index in [4.69, 9.17) is 4.74 Å². The van der Waals surface area contributed by atoms with Crippen molar-refractivity contribution in [1.82, 2.24) is 10.9 Å². The third kappa shape index (κ3) is 4.44. The minimum atomic E-state index is -0.792. The molecule has 0 aromatic heterocycles. The van der Waals surface area contributed by atoms with E-state index < -0.39 is 12.0 Å². The van der Waals surface area contributed by atoms with Gasteiger partial charge in [0, 0.05) is 5.92 Å². The van der Waals surface area contributed by atoms with Gasteiger partial charge in [0.05, 0.1) is 0 Å². The van der Waals surface area contributed by atoms with Crippen molar-refractivity contribution < 1.29 is 18.7 Å². The van der Waals surface area contributed by atoms with Crippen LogP contribution in [0.3, 0.4) is 0 Å². The topological polar surface area (TPSA) is 67.4 Å². The molecule has 1 aromatic rings. The first kappa shape index (κ1) is 15.3. The van der Waals surface area contributed by atoms with Crippen molar-refractivity contribution >= 4 is 11.8 Å². The van der Waals surface area contributed by atoms with Crippen LogP contribution >= 0.6 is 0 Å². The van der Waals surface area contributed by atoms with E-state index in [1.54, 1.807) is 6.92 Å². The van der Waals surface area contributed by atoms with Crippen LogP contribution in [0.2, 0.25) is 0 Å². The number of rotatable bonds is 4. The monoisotopic (exact) mass is 294 g/mol. The molecule has 114 valence electrons. The van der Waals surface area contributed by atoms with E-state index in [1.807, 2.05) is 0 Å². The third-order valence-electron chi connectivity index (χ3n) is 3.53. The van der Waals surface area contributed by atoms with Crippen molar-refractivity contribution in [1.29, 1.82) is 0 Å². The number of ether oxygens (including phenoxy) is 1. The Hall–Kier alpha value is -2.11. The average molecular weight is 294 g/mol. The lowest BCUT2D eigenvalue weighted by atomic mass is 10.1. The second-order valence-corrected chi connectivity index (χ2v) is 5.17. The molecule has 0 radical (unpaired) electrons. The molecule has 1 atom stereocenters. The Kier molecular flexibility index (Phi) is 5.14. The third-order valence-corrected chi connectivity index (χ3v) is 3.53. The highest BCUT2D eigenvalue weighted by molar-refractivity contribution is 5.85. The van der Waals surface area contributed by atoms with Gasteiger partial charge in [-0.25, -0.2) is 4.39 Å². The van der Waals surface area contributed by atoms with E-state index >= 15 is 0 Å². The smallest absolute Gasteiger partial charge is 0.279 e. The summed E-state index contributed by atoms with van der Waals surface area (Å²) in [4.78, 5) is 23.6. The van der Waals surface area contributed by atoms with Gasteiger partial charge < -0.3 is 4.74 Å². The zero-order valence-electron chi connectivity index (χ0n) is 11.9. The first-order valence-electron chi connectivity index (χ1n) is 7.08. The standard InChI is InChI=1S/C15H19FN2O3/c1-10(21-13-8-6-12(16)7-9-13)14(19)17-18-15(20)11-4-2-3-5-11/h6-11H,2-5H2,1H3,(H,17,19)(H,18,20). The number of benzene rings is 1. The van der Waals surface area contributed by atoms with Gasteiger partial charge in [-0.3, -0.25) is 20.4 Å². The minimum Gasteiger partial charge on any atom is -0.481 e. The van der Waals surface area contributed by atoms with Crippen molar-refractivity contribution in [3.8, 4) is 5.75 Å². The highest BCUT2D eigenvalue weighted by atomic mass is 19.1. The summed E-state index contributed by atoms with van der Waals surface area (Å²) in [5, 5.41) is 0. The highest BCUT2D eigenvalue weighted by Gasteiger charge is 2.23. The SMILES string of the molecule is CC(Oc1ccc(F)cc1)C(=O)NNC(=O)C1CCCC1. The van der Waals surface area contributed by atoms with E-state index in [9.17, 15) is 14.0 Å². The quantitative estimate of drug-likeness (QED) is 0.834. The van der Waals surface area contributed by atoms with Crippen LogP contribution < -0.4 is 15.6 Å². The molecule has 0 heterocycles. The summed E-state index contributed by atoms with van der Waals surface area (Å²) in [5.41, 5.74) is 4.77. The molecule has 0 bridgehead atoms. The molecule has 1 fully saturated rings. The van der Waals surface area contributed by atoms with Gasteiger partial charge in [0.2, 0.25) is 5.91 Å². The second-order valence-electron chi connectivity index (χ2n) is 5.17. The molecule has 1 saturated carbocycles. The number of hydrogen-bond acceptors (Lipinski definition) is 3. The van der Waals surface area contributed by atoms with Crippen molar-refractivity contribution in [3.05, 3.63) is 30.1 Å². The van der Waals surface area contributed by atoms with Crippen molar-refractivity contribution in [2.45, 2.75) is 38.7 Å². The number of amides is 2. The molecule has 5 nitrogen and oxygen atoms in total. The Morgan fingerprint density at radius 2 is 1.81 bits per heavy atom. The summed E-state index contributed by atoms with van der Waals surface area (Å²) in [6, 6.07) is 5.39. The fourth-order valence-corrected chi connectivity index (χ4v) is 2.29. The van der Waals surface area contributed by atoms with Crippen molar-refractivity contribution in [3.63, 3.8) is 0 Å². The van der Waals surface area contributed by atoms with E-state index in [1.165, 1.54) is 24.3 Å². The highest BCUT2D eigenvalue weighted by Crippen LogP contribution is 2.24. The lowest BCUT2D eigenvalue weighted by molar-refractivity contribution is -0.134. The molecule has 2 N–H and O–H groups in total. The maximum absolute atomic E-state index is 12.8. The van der Waals surface area contributed by atoms with Gasteiger partial charge >= 0.3 is 0 Å². The summed E-state index contributed by atoms with van der Waals surface area (Å²) in [5.74, 6) is -0.608. The van der Waals surface area contributed by atoms with Gasteiger partial charge in [0.1, 0.15) is 11.6 Å². The maximum Gasteiger partial charge on any atom is 0.279 e. The van der Waals surface area contributed by atoms with E-state index in [0.717, 1.165) is 25.7 Å². The summed E-state index contributed by atoms with van der Waals surface area (Å²) in [7, 11) is 0. The van der Waals surface area contributed by atoms with E-state index in [0.29, 0.717) is 5.75 Å². The molecule has 0 spiro atoms. The first-order valence-corrected chi connectivity index (χ1v) is 7.08. The predicted octanol–water partition coefficient (Wildman–Crippen LogP) is 1.93. The molecule has 1 aromatic carbocycles. The van der Waals surface area contributed by atoms with Gasteiger partial charge in [-0.2, -0.15) is 0 Å². The lowest BCUT2D eigenvalue weighted by Crippen LogP contribution is -2.48. The summed E-state index contributed by atoms with van der Waals surface area (Å²) in [6.45, 7) is 1.56. The Labute approximate surface area is 122 Å². The Balaban J connectivity index is 1.76. The molecule has 21 heavy (non-hydrogen) atoms. The molecule has 2 rings (SSSR count). The largest absolute Gasteiger partial charge is 0.481 e. The van der Waals surface area contributed by atoms with Crippen LogP contribution in [0, 0.1) is 11.7 Å². The van der Waals surface area contributed by atoms with Gasteiger partial charge in [-0.15, -0.1) is 0 Å². The minimum absolute atomic E-state index is 0.0152. The number of carbonyl (C=O) groups excluding carboxylic acids is 2. The van der Waals surface area contributed by atoms with Gasteiger partial charge in [0.25, 0.3) is 5.91 Å². The molecular formula is C15H19FN2O3. The van der Waals surface area contributed by atoms with Crippen LogP contribution in [-0.2, 0) is 9.59 Å². The fourth-order valence-electron chi connectivity index (χ4n) is 2.29. The number of hydrogen-bond donors (Lipinski definition) is 2. The first-order chi connectivity index (χ1) is 10.1. The zero-order chi connectivity index (χ0) is 15.2. The Morgan fingerprint density at radius 3 is 2.43 bits per heavy atom. The van der Waals surface area contributed by atoms with Gasteiger partial charge in [-0.05, 0) is 44.0 Å². The molecule has 6 heteroatoms. The zero-order valence-corrected chi connectivity index (χ0v) is 11.9. The molecule has 1 unspecified atom stereocenters. The molecule has 1 aliphatic carbocycles. The second kappa shape index (κ2) is 7.06. The molecule has 0 saturated heterocycles. The molecule has 2 amide bonds. The van der Waals surface area contributed by atoms with Crippen LogP contribution in [0.5, 0.6) is 5.75 Å². The van der Waals surface area contributed by atoms with Crippen molar-refractivity contribution in [2.75, 3.05) is 0 Å². The number of halogens is 1. The predicted molar refractivity (Wildman–Crippen MR) is 74.7 cm³/mol. The summed E-state index contributed by atoms with van der Waals surface area (Å²) in [6.07, 6.45) is 3.04. The van der Waals surface area contributed by atoms with Crippen LogP contribution in [0.15, 0.2) is 24.3 Å². The Morgan fingerprint density at radius 1 is 1.19 bits per heavy atom. The van der Waals surface area contributed by atoms with Crippen molar-refractivity contribution in [2.24, 2.45) is 5.92 Å². The Bertz CT molecular complexity index is 498. The maximum atomic E-state index is 12.8. The molecular weight excluding hydrogens is 275 g/mol. The normalized spacial score (nSPS) is 16.3. The van der Waals surface area contributed by atoms with Gasteiger partial charge in [0.15, 0.2) is 6.10 Å². The van der Waals surface area contributed by atoms with Crippen LogP contribution in [0.1, 0.15) is 32.6 Å². The number of hydrazine groups is 1. The number of nitrogens with one attached hydrogen (secondary N) is 2. The van der Waals surface area contributed by atoms with Crippen LogP contribution in [-0.4, -0.2) is 17.9 Å². The lowest BCUT2D eigenvalue weighted by Gasteiger charge is -2.16. The molecule has 1 aliphatic rings. The van der Waals surface area contributed by atoms with E-state index in [2.05, 4.69) is 10.9 Å². The summed E-state index contributed by atoms with van der Waals surface area (Å²) >= 11 is 0. The van der Waals surface area contributed by atoms with Crippen LogP contribution in [0.25, 0.3) is 0 Å². The fraction of sp³-hybridized carbons (Fsp3) is 0.467. The summed E-state index contributed by atoms with van der Waals surface area (Å²) < 4.78 is 18.1. The molecule has 0 aliphatic heterocycles.